The van der Waals surface area contributed by atoms with Gasteiger partial charge in [0.1, 0.15) is 5.75 Å². The van der Waals surface area contributed by atoms with Gasteiger partial charge >= 0.3 is 0 Å². The van der Waals surface area contributed by atoms with Crippen LogP contribution in [0.1, 0.15) is 12.0 Å². The maximum absolute atomic E-state index is 11.5. The van der Waals surface area contributed by atoms with E-state index < -0.39 is 0 Å². The number of ether oxygens (including phenoxy) is 1. The third-order valence-corrected chi connectivity index (χ3v) is 6.16. The van der Waals surface area contributed by atoms with Gasteiger partial charge in [0.25, 0.3) is 0 Å². The molecule has 3 aromatic rings. The monoisotopic (exact) mass is 388 g/mol. The summed E-state index contributed by atoms with van der Waals surface area (Å²) in [6.07, 6.45) is 1.36. The molecule has 0 atom stereocenters. The molecule has 3 aromatic carbocycles. The molecule has 0 fully saturated rings. The number of nitrogens with one attached hydrogen (secondary N) is 1. The van der Waals surface area contributed by atoms with E-state index in [9.17, 15) is 4.79 Å². The second kappa shape index (κ2) is 7.24. The second-order valence-electron chi connectivity index (χ2n) is 6.94. The summed E-state index contributed by atoms with van der Waals surface area (Å²) < 4.78 is 5.95. The van der Waals surface area contributed by atoms with Crippen LogP contribution >= 0.6 is 11.8 Å². The van der Waals surface area contributed by atoms with E-state index in [1.807, 2.05) is 30.0 Å². The number of carbonyl (C=O) groups excluding carboxylic acids is 1. The average Bonchev–Trinajstić information content (AvgIpc) is 3.09. The molecule has 0 unspecified atom stereocenters. The number of hydrogen-bond acceptors (Lipinski definition) is 4. The Bertz CT molecular complexity index is 1000. The molecule has 2 heterocycles. The Labute approximate surface area is 168 Å². The van der Waals surface area contributed by atoms with Gasteiger partial charge in [-0.05, 0) is 42.3 Å². The number of amides is 1. The molecule has 0 radical (unpaired) electrons. The number of para-hydroxylation sites is 2. The largest absolute Gasteiger partial charge is 0.493 e. The molecule has 5 heteroatoms. The van der Waals surface area contributed by atoms with Crippen molar-refractivity contribution in [2.24, 2.45) is 0 Å². The van der Waals surface area contributed by atoms with Crippen molar-refractivity contribution in [3.63, 3.8) is 0 Å². The summed E-state index contributed by atoms with van der Waals surface area (Å²) in [6, 6.07) is 22.9. The number of hydrogen-bond donors (Lipinski definition) is 1. The van der Waals surface area contributed by atoms with Gasteiger partial charge in [0.2, 0.25) is 5.91 Å². The lowest BCUT2D eigenvalue weighted by atomic mass is 10.1. The summed E-state index contributed by atoms with van der Waals surface area (Å²) in [5.41, 5.74) is 4.42. The molecule has 1 amide bonds. The Hall–Kier alpha value is -2.92. The first-order valence-corrected chi connectivity index (χ1v) is 10.3. The summed E-state index contributed by atoms with van der Waals surface area (Å²) in [4.78, 5) is 16.4. The fourth-order valence-corrected chi connectivity index (χ4v) is 4.81. The van der Waals surface area contributed by atoms with Crippen LogP contribution in [0, 0.1) is 0 Å². The second-order valence-corrected chi connectivity index (χ2v) is 8.02. The highest BCUT2D eigenvalue weighted by atomic mass is 32.2. The van der Waals surface area contributed by atoms with Crippen LogP contribution in [0.3, 0.4) is 0 Å². The summed E-state index contributed by atoms with van der Waals surface area (Å²) in [6.45, 7) is 1.51. The molecule has 0 aliphatic carbocycles. The van der Waals surface area contributed by atoms with E-state index >= 15 is 0 Å². The molecule has 140 valence electrons. The molecule has 1 N–H and O–H groups in total. The number of carbonyl (C=O) groups is 1. The number of rotatable bonds is 5. The highest BCUT2D eigenvalue weighted by Crippen LogP contribution is 2.47. The molecule has 2 aliphatic rings. The minimum Gasteiger partial charge on any atom is -0.493 e. The third-order valence-electron chi connectivity index (χ3n) is 5.03. The zero-order valence-corrected chi connectivity index (χ0v) is 16.2. The average molecular weight is 388 g/mol. The SMILES string of the molecule is O=C1Cc2ccc(OCCCN3c4ccccc4Sc4ccccc43)cc2N1. The standard InChI is InChI=1S/C23H20N2O2S/c26-23-14-16-10-11-17(15-18(16)24-23)27-13-5-12-25-19-6-1-3-8-21(19)28-22-9-4-2-7-20(22)25/h1-4,6-11,15H,5,12-14H2,(H,24,26). The lowest BCUT2D eigenvalue weighted by Gasteiger charge is -2.32. The predicted molar refractivity (Wildman–Crippen MR) is 113 cm³/mol. The van der Waals surface area contributed by atoms with Gasteiger partial charge in [-0.2, -0.15) is 0 Å². The van der Waals surface area contributed by atoms with Crippen molar-refractivity contribution in [3.05, 3.63) is 72.3 Å². The maximum Gasteiger partial charge on any atom is 0.228 e. The van der Waals surface area contributed by atoms with Crippen LogP contribution in [0.15, 0.2) is 76.5 Å². The minimum absolute atomic E-state index is 0.0486. The number of fused-ring (bicyclic) bond motifs is 3. The maximum atomic E-state index is 11.5. The minimum atomic E-state index is 0.0486. The van der Waals surface area contributed by atoms with Crippen LogP contribution < -0.4 is 15.0 Å². The highest BCUT2D eigenvalue weighted by molar-refractivity contribution is 7.99. The molecule has 0 spiro atoms. The molecule has 2 aliphatic heterocycles. The Balaban J connectivity index is 1.26. The molecule has 0 saturated heterocycles. The topological polar surface area (TPSA) is 41.6 Å². The highest BCUT2D eigenvalue weighted by Gasteiger charge is 2.22. The Kier molecular flexibility index (Phi) is 4.45. The molecule has 28 heavy (non-hydrogen) atoms. The molecule has 0 aromatic heterocycles. The van der Waals surface area contributed by atoms with Gasteiger partial charge in [0.05, 0.1) is 24.4 Å². The van der Waals surface area contributed by atoms with E-state index in [1.165, 1.54) is 21.2 Å². The van der Waals surface area contributed by atoms with Crippen LogP contribution in [0.4, 0.5) is 17.1 Å². The van der Waals surface area contributed by atoms with Crippen molar-refractivity contribution < 1.29 is 9.53 Å². The summed E-state index contributed by atoms with van der Waals surface area (Å²) in [5.74, 6) is 0.850. The zero-order valence-electron chi connectivity index (χ0n) is 15.4. The van der Waals surface area contributed by atoms with E-state index in [0.29, 0.717) is 13.0 Å². The van der Waals surface area contributed by atoms with Crippen molar-refractivity contribution >= 4 is 34.7 Å². The summed E-state index contributed by atoms with van der Waals surface area (Å²) in [5, 5.41) is 2.87. The van der Waals surface area contributed by atoms with Crippen LogP contribution in [-0.4, -0.2) is 19.1 Å². The van der Waals surface area contributed by atoms with Crippen molar-refractivity contribution in [2.45, 2.75) is 22.6 Å². The fraction of sp³-hybridized carbons (Fsp3) is 0.174. The van der Waals surface area contributed by atoms with E-state index in [0.717, 1.165) is 30.0 Å². The first-order valence-electron chi connectivity index (χ1n) is 9.47. The van der Waals surface area contributed by atoms with Gasteiger partial charge in [-0.3, -0.25) is 4.79 Å². The Morgan fingerprint density at radius 2 is 1.68 bits per heavy atom. The summed E-state index contributed by atoms with van der Waals surface area (Å²) >= 11 is 1.83. The molecule has 0 saturated carbocycles. The van der Waals surface area contributed by atoms with Gasteiger partial charge in [0.15, 0.2) is 0 Å². The van der Waals surface area contributed by atoms with E-state index in [1.54, 1.807) is 0 Å². The van der Waals surface area contributed by atoms with Crippen molar-refractivity contribution in [1.29, 1.82) is 0 Å². The lowest BCUT2D eigenvalue weighted by Crippen LogP contribution is -2.23. The quantitative estimate of drug-likeness (QED) is 0.606. The first-order chi connectivity index (χ1) is 13.8. The number of anilines is 3. The van der Waals surface area contributed by atoms with Gasteiger partial charge in [-0.25, -0.2) is 0 Å². The van der Waals surface area contributed by atoms with Crippen LogP contribution in [0.5, 0.6) is 5.75 Å². The van der Waals surface area contributed by atoms with Crippen LogP contribution in [0.2, 0.25) is 0 Å². The predicted octanol–water partition coefficient (Wildman–Crippen LogP) is 5.25. The van der Waals surface area contributed by atoms with Gasteiger partial charge < -0.3 is 15.0 Å². The molecular weight excluding hydrogens is 368 g/mol. The van der Waals surface area contributed by atoms with Crippen molar-refractivity contribution in [1.82, 2.24) is 0 Å². The van der Waals surface area contributed by atoms with E-state index in [-0.39, 0.29) is 5.91 Å². The van der Waals surface area contributed by atoms with Crippen LogP contribution in [-0.2, 0) is 11.2 Å². The zero-order chi connectivity index (χ0) is 18.9. The number of nitrogens with zero attached hydrogens (tertiary/aromatic N) is 1. The lowest BCUT2D eigenvalue weighted by molar-refractivity contribution is -0.115. The van der Waals surface area contributed by atoms with Crippen molar-refractivity contribution in [3.8, 4) is 5.75 Å². The Morgan fingerprint density at radius 1 is 0.964 bits per heavy atom. The normalized spacial score (nSPS) is 14.1. The molecule has 5 rings (SSSR count). The number of benzene rings is 3. The van der Waals surface area contributed by atoms with Crippen LogP contribution in [0.25, 0.3) is 0 Å². The van der Waals surface area contributed by atoms with Crippen molar-refractivity contribution in [2.75, 3.05) is 23.4 Å². The van der Waals surface area contributed by atoms with E-state index in [4.69, 9.17) is 4.74 Å². The fourth-order valence-electron chi connectivity index (χ4n) is 3.72. The first kappa shape index (κ1) is 17.2. The molecular formula is C23H20N2O2S. The molecule has 0 bridgehead atoms. The van der Waals surface area contributed by atoms with Gasteiger partial charge in [-0.1, -0.05) is 42.1 Å². The van der Waals surface area contributed by atoms with E-state index in [2.05, 4.69) is 58.7 Å². The third kappa shape index (κ3) is 3.22. The van der Waals surface area contributed by atoms with Gasteiger partial charge in [0, 0.05) is 28.1 Å². The Morgan fingerprint density at radius 3 is 2.43 bits per heavy atom. The molecule has 4 nitrogen and oxygen atoms in total. The summed E-state index contributed by atoms with van der Waals surface area (Å²) in [7, 11) is 0. The van der Waals surface area contributed by atoms with Gasteiger partial charge in [-0.15, -0.1) is 0 Å². The smallest absolute Gasteiger partial charge is 0.228 e.